The topological polar surface area (TPSA) is 80.4 Å². The van der Waals surface area contributed by atoms with Crippen LogP contribution in [0.3, 0.4) is 0 Å². The van der Waals surface area contributed by atoms with E-state index in [0.29, 0.717) is 13.1 Å². The molecule has 0 saturated carbocycles. The molecule has 1 fully saturated rings. The van der Waals surface area contributed by atoms with Crippen molar-refractivity contribution in [2.24, 2.45) is 0 Å². The first-order chi connectivity index (χ1) is 13.6. The molecule has 1 aliphatic heterocycles. The van der Waals surface area contributed by atoms with Crippen LogP contribution in [0.2, 0.25) is 0 Å². The molecule has 1 N–H and O–H groups in total. The highest BCUT2D eigenvalue weighted by Crippen LogP contribution is 2.26. The number of aryl methyl sites for hydroxylation is 3. The molecular weight excluding hydrogens is 354 g/mol. The molecule has 148 valence electrons. The van der Waals surface area contributed by atoms with Gasteiger partial charge in [0.15, 0.2) is 5.65 Å². The van der Waals surface area contributed by atoms with Gasteiger partial charge in [-0.25, -0.2) is 4.79 Å². The molecule has 0 unspecified atom stereocenters. The Labute approximate surface area is 164 Å². The standard InChI is InChI=1S/C20H27N7O/c1-15-13-16(2)27(24-15)12-6-9-21-20(28)25-10-5-7-17(14-25)19-23-22-18-8-3-4-11-26(18)19/h3-4,8,11,13,17H,5-7,9-10,12,14H2,1-2H3,(H,21,28)/t17-/m0/s1. The molecule has 1 aliphatic rings. The number of carbonyl (C=O) groups excluding carboxylic acids is 1. The van der Waals surface area contributed by atoms with Crippen molar-refractivity contribution in [3.63, 3.8) is 0 Å². The summed E-state index contributed by atoms with van der Waals surface area (Å²) in [4.78, 5) is 14.5. The lowest BCUT2D eigenvalue weighted by atomic mass is 9.97. The van der Waals surface area contributed by atoms with Gasteiger partial charge in [0, 0.05) is 44.0 Å². The van der Waals surface area contributed by atoms with E-state index in [1.165, 1.54) is 0 Å². The van der Waals surface area contributed by atoms with Crippen molar-refractivity contribution in [3.05, 3.63) is 47.7 Å². The van der Waals surface area contributed by atoms with Gasteiger partial charge >= 0.3 is 6.03 Å². The van der Waals surface area contributed by atoms with Gasteiger partial charge in [-0.15, -0.1) is 10.2 Å². The van der Waals surface area contributed by atoms with Crippen molar-refractivity contribution >= 4 is 11.7 Å². The maximum Gasteiger partial charge on any atom is 0.317 e. The average molecular weight is 381 g/mol. The number of fused-ring (bicyclic) bond motifs is 1. The van der Waals surface area contributed by atoms with E-state index in [0.717, 1.165) is 55.2 Å². The van der Waals surface area contributed by atoms with E-state index in [-0.39, 0.29) is 11.9 Å². The number of carbonyl (C=O) groups is 1. The monoisotopic (exact) mass is 381 g/mol. The molecule has 8 nitrogen and oxygen atoms in total. The number of rotatable bonds is 5. The second-order valence-corrected chi connectivity index (χ2v) is 7.51. The van der Waals surface area contributed by atoms with Gasteiger partial charge in [0.05, 0.1) is 5.69 Å². The lowest BCUT2D eigenvalue weighted by Gasteiger charge is -2.32. The second kappa shape index (κ2) is 8.00. The quantitative estimate of drug-likeness (QED) is 0.689. The molecule has 3 aromatic rings. The van der Waals surface area contributed by atoms with E-state index >= 15 is 0 Å². The molecule has 28 heavy (non-hydrogen) atoms. The smallest absolute Gasteiger partial charge is 0.317 e. The highest BCUT2D eigenvalue weighted by atomic mass is 16.2. The van der Waals surface area contributed by atoms with Crippen LogP contribution in [-0.4, -0.2) is 54.9 Å². The van der Waals surface area contributed by atoms with Crippen LogP contribution in [0.1, 0.15) is 42.4 Å². The maximum atomic E-state index is 12.6. The zero-order chi connectivity index (χ0) is 19.5. The molecule has 2 amide bonds. The number of amides is 2. The minimum atomic E-state index is 0.00638. The first-order valence-corrected chi connectivity index (χ1v) is 9.95. The summed E-state index contributed by atoms with van der Waals surface area (Å²) in [5.74, 6) is 1.16. The van der Waals surface area contributed by atoms with Crippen LogP contribution in [0, 0.1) is 13.8 Å². The number of hydrogen-bond acceptors (Lipinski definition) is 4. The van der Waals surface area contributed by atoms with Crippen LogP contribution >= 0.6 is 0 Å². The van der Waals surface area contributed by atoms with Gasteiger partial charge in [-0.1, -0.05) is 6.07 Å². The zero-order valence-corrected chi connectivity index (χ0v) is 16.5. The van der Waals surface area contributed by atoms with Crippen LogP contribution in [-0.2, 0) is 6.54 Å². The Balaban J connectivity index is 1.30. The molecule has 1 saturated heterocycles. The normalized spacial score (nSPS) is 17.2. The largest absolute Gasteiger partial charge is 0.338 e. The summed E-state index contributed by atoms with van der Waals surface area (Å²) in [6.07, 6.45) is 4.85. The number of nitrogens with zero attached hydrogens (tertiary/aromatic N) is 6. The van der Waals surface area contributed by atoms with Gasteiger partial charge in [-0.2, -0.15) is 5.10 Å². The third kappa shape index (κ3) is 3.85. The highest BCUT2D eigenvalue weighted by molar-refractivity contribution is 5.74. The molecule has 0 radical (unpaired) electrons. The molecule has 4 heterocycles. The SMILES string of the molecule is Cc1cc(C)n(CCCNC(=O)N2CCC[C@H](c3nnc4ccccn34)C2)n1. The zero-order valence-electron chi connectivity index (χ0n) is 16.5. The van der Waals surface area contributed by atoms with Gasteiger partial charge in [0.1, 0.15) is 5.82 Å². The van der Waals surface area contributed by atoms with Crippen LogP contribution in [0.25, 0.3) is 5.65 Å². The van der Waals surface area contributed by atoms with Crippen molar-refractivity contribution in [3.8, 4) is 0 Å². The van der Waals surface area contributed by atoms with E-state index < -0.39 is 0 Å². The van der Waals surface area contributed by atoms with E-state index in [1.807, 2.05) is 45.3 Å². The lowest BCUT2D eigenvalue weighted by molar-refractivity contribution is 0.178. The molecule has 4 rings (SSSR count). The maximum absolute atomic E-state index is 12.6. The summed E-state index contributed by atoms with van der Waals surface area (Å²) in [5, 5.41) is 16.1. The van der Waals surface area contributed by atoms with E-state index in [2.05, 4.69) is 33.6 Å². The Kier molecular flexibility index (Phi) is 5.27. The van der Waals surface area contributed by atoms with E-state index in [4.69, 9.17) is 0 Å². The Bertz CT molecular complexity index is 961. The fraction of sp³-hybridized carbons (Fsp3) is 0.500. The minimum absolute atomic E-state index is 0.00638. The molecule has 1 atom stereocenters. The van der Waals surface area contributed by atoms with Gasteiger partial charge < -0.3 is 10.2 Å². The van der Waals surface area contributed by atoms with Crippen molar-refractivity contribution < 1.29 is 4.79 Å². The van der Waals surface area contributed by atoms with Crippen molar-refractivity contribution in [1.29, 1.82) is 0 Å². The third-order valence-corrected chi connectivity index (χ3v) is 5.34. The van der Waals surface area contributed by atoms with Gasteiger partial charge in [-0.05, 0) is 51.3 Å². The molecule has 0 bridgehead atoms. The van der Waals surface area contributed by atoms with Crippen LogP contribution in [0.4, 0.5) is 4.79 Å². The summed E-state index contributed by atoms with van der Waals surface area (Å²) in [6.45, 7) is 6.98. The van der Waals surface area contributed by atoms with Crippen molar-refractivity contribution in [1.82, 2.24) is 34.6 Å². The molecular formula is C20H27N7O. The van der Waals surface area contributed by atoms with Crippen LogP contribution in [0.5, 0.6) is 0 Å². The molecule has 3 aromatic heterocycles. The number of urea groups is 1. The van der Waals surface area contributed by atoms with E-state index in [1.54, 1.807) is 0 Å². The summed E-state index contributed by atoms with van der Waals surface area (Å²) >= 11 is 0. The molecule has 0 aromatic carbocycles. The van der Waals surface area contributed by atoms with Crippen LogP contribution < -0.4 is 5.32 Å². The van der Waals surface area contributed by atoms with E-state index in [9.17, 15) is 4.79 Å². The first-order valence-electron chi connectivity index (χ1n) is 9.95. The first kappa shape index (κ1) is 18.5. The third-order valence-electron chi connectivity index (χ3n) is 5.34. The van der Waals surface area contributed by atoms with Gasteiger partial charge in [0.25, 0.3) is 0 Å². The van der Waals surface area contributed by atoms with Crippen molar-refractivity contribution in [2.45, 2.75) is 45.6 Å². The average Bonchev–Trinajstić information content (AvgIpc) is 3.27. The fourth-order valence-corrected chi connectivity index (χ4v) is 3.95. The Hall–Kier alpha value is -2.90. The Morgan fingerprint density at radius 1 is 1.29 bits per heavy atom. The predicted octanol–water partition coefficient (Wildman–Crippen LogP) is 2.52. The number of nitrogens with one attached hydrogen (secondary N) is 1. The fourth-order valence-electron chi connectivity index (χ4n) is 3.95. The van der Waals surface area contributed by atoms with Gasteiger partial charge in [0.2, 0.25) is 0 Å². The number of aromatic nitrogens is 5. The summed E-state index contributed by atoms with van der Waals surface area (Å²) < 4.78 is 4.02. The van der Waals surface area contributed by atoms with Crippen molar-refractivity contribution in [2.75, 3.05) is 19.6 Å². The number of piperidine rings is 1. The predicted molar refractivity (Wildman–Crippen MR) is 106 cm³/mol. The summed E-state index contributed by atoms with van der Waals surface area (Å²) in [5.41, 5.74) is 3.04. The summed E-state index contributed by atoms with van der Waals surface area (Å²) in [6, 6.07) is 7.97. The Morgan fingerprint density at radius 3 is 3.00 bits per heavy atom. The minimum Gasteiger partial charge on any atom is -0.338 e. The lowest BCUT2D eigenvalue weighted by Crippen LogP contribution is -2.45. The second-order valence-electron chi connectivity index (χ2n) is 7.51. The summed E-state index contributed by atoms with van der Waals surface area (Å²) in [7, 11) is 0. The molecule has 0 aliphatic carbocycles. The number of hydrogen-bond donors (Lipinski definition) is 1. The van der Waals surface area contributed by atoms with Gasteiger partial charge in [-0.3, -0.25) is 9.08 Å². The molecule has 8 heteroatoms. The molecule has 0 spiro atoms. The Morgan fingerprint density at radius 2 is 2.18 bits per heavy atom. The van der Waals surface area contributed by atoms with Crippen LogP contribution in [0.15, 0.2) is 30.5 Å². The number of likely N-dealkylation sites (tertiary alicyclic amines) is 1. The highest BCUT2D eigenvalue weighted by Gasteiger charge is 2.27. The number of pyridine rings is 1.